The first-order chi connectivity index (χ1) is 14.6. The Bertz CT molecular complexity index is 702. The second kappa shape index (κ2) is 11.1. The smallest absolute Gasteiger partial charge is 0.305 e. The third-order valence-corrected chi connectivity index (χ3v) is 5.02. The molecule has 1 aliphatic heterocycles. The number of carbonyl (C=O) groups excluding carboxylic acids is 5. The lowest BCUT2D eigenvalue weighted by Crippen LogP contribution is -2.67. The number of rotatable bonds is 7. The van der Waals surface area contributed by atoms with Gasteiger partial charge in [0.05, 0.1) is 0 Å². The van der Waals surface area contributed by atoms with E-state index in [1.165, 1.54) is 6.92 Å². The first kappa shape index (κ1) is 24.6. The van der Waals surface area contributed by atoms with Crippen molar-refractivity contribution in [1.82, 2.24) is 5.32 Å². The van der Waals surface area contributed by atoms with Crippen LogP contribution in [0.2, 0.25) is 0 Å². The average molecular weight is 443 g/mol. The van der Waals surface area contributed by atoms with Crippen LogP contribution in [0.3, 0.4) is 0 Å². The van der Waals surface area contributed by atoms with E-state index in [-0.39, 0.29) is 18.4 Å². The highest BCUT2D eigenvalue weighted by molar-refractivity contribution is 5.79. The van der Waals surface area contributed by atoms with Crippen molar-refractivity contribution >= 4 is 29.8 Å². The molecule has 0 radical (unpaired) electrons. The molecule has 5 atom stereocenters. The standard InChI is InChI=1S/C20H29NO10/c1-10(22)27-9-15-17(28-11(2)23)18(29-12(3)24)16(20(31-15)30-13(4)25)21-19(26)14-7-5-6-8-14/h14-18,20H,5-9H2,1-4H3,(H,21,26)/t15-,16-,17+,18-,20?/m1/s1. The van der Waals surface area contributed by atoms with Crippen LogP contribution in [-0.4, -0.2) is 67.0 Å². The molecule has 1 saturated heterocycles. The van der Waals surface area contributed by atoms with E-state index in [2.05, 4.69) is 5.32 Å². The molecule has 1 saturated carbocycles. The number of nitrogens with one attached hydrogen (secondary N) is 1. The SMILES string of the molecule is CC(=O)OC[C@H]1OC(OC(C)=O)[C@H](NC(=O)C2CCCC2)[C@@H](OC(C)=O)[C@H]1OC(C)=O. The van der Waals surface area contributed by atoms with Gasteiger partial charge in [0.2, 0.25) is 12.2 Å². The van der Waals surface area contributed by atoms with Gasteiger partial charge in [0.1, 0.15) is 18.8 Å². The predicted octanol–water partition coefficient (Wildman–Crippen LogP) is 0.376. The first-order valence-electron chi connectivity index (χ1n) is 10.2. The number of hydrogen-bond donors (Lipinski definition) is 1. The summed E-state index contributed by atoms with van der Waals surface area (Å²) in [4.78, 5) is 59.3. The lowest BCUT2D eigenvalue weighted by molar-refractivity contribution is -0.271. The zero-order valence-electron chi connectivity index (χ0n) is 18.1. The molecule has 0 aromatic carbocycles. The summed E-state index contributed by atoms with van der Waals surface area (Å²) in [6, 6.07) is -1.14. The van der Waals surface area contributed by atoms with Crippen LogP contribution < -0.4 is 5.32 Å². The highest BCUT2D eigenvalue weighted by atomic mass is 16.7. The average Bonchev–Trinajstić information content (AvgIpc) is 3.18. The van der Waals surface area contributed by atoms with Gasteiger partial charge >= 0.3 is 23.9 Å². The molecule has 1 heterocycles. The van der Waals surface area contributed by atoms with Crippen molar-refractivity contribution in [3.8, 4) is 0 Å². The Morgan fingerprint density at radius 3 is 1.87 bits per heavy atom. The van der Waals surface area contributed by atoms with E-state index in [0.29, 0.717) is 12.8 Å². The Balaban J connectivity index is 2.37. The van der Waals surface area contributed by atoms with E-state index in [4.69, 9.17) is 23.7 Å². The quantitative estimate of drug-likeness (QED) is 0.433. The largest absolute Gasteiger partial charge is 0.463 e. The molecule has 1 aliphatic carbocycles. The molecule has 11 heteroatoms. The van der Waals surface area contributed by atoms with Gasteiger partial charge in [0.25, 0.3) is 0 Å². The molecule has 0 aromatic rings. The van der Waals surface area contributed by atoms with Crippen LogP contribution in [0.1, 0.15) is 53.4 Å². The highest BCUT2D eigenvalue weighted by Crippen LogP contribution is 2.30. The summed E-state index contributed by atoms with van der Waals surface area (Å²) in [5.41, 5.74) is 0. The van der Waals surface area contributed by atoms with E-state index in [9.17, 15) is 24.0 Å². The van der Waals surface area contributed by atoms with Gasteiger partial charge in [-0.3, -0.25) is 24.0 Å². The van der Waals surface area contributed by atoms with Crippen LogP contribution in [0.15, 0.2) is 0 Å². The fourth-order valence-corrected chi connectivity index (χ4v) is 3.79. The van der Waals surface area contributed by atoms with E-state index < -0.39 is 54.5 Å². The summed E-state index contributed by atoms with van der Waals surface area (Å²) in [5, 5.41) is 2.74. The van der Waals surface area contributed by atoms with Crippen LogP contribution in [0.5, 0.6) is 0 Å². The molecule has 2 aliphatic rings. The minimum Gasteiger partial charge on any atom is -0.463 e. The molecule has 0 aromatic heterocycles. The Kier molecular flexibility index (Phi) is 8.78. The molecule has 2 rings (SSSR count). The monoisotopic (exact) mass is 443 g/mol. The Labute approximate surface area is 180 Å². The van der Waals surface area contributed by atoms with Crippen molar-refractivity contribution < 1.29 is 47.7 Å². The van der Waals surface area contributed by atoms with Gasteiger partial charge in [-0.2, -0.15) is 0 Å². The van der Waals surface area contributed by atoms with Gasteiger partial charge in [0.15, 0.2) is 12.2 Å². The normalized spacial score (nSPS) is 28.3. The van der Waals surface area contributed by atoms with Gasteiger partial charge in [-0.05, 0) is 12.8 Å². The second-order valence-corrected chi connectivity index (χ2v) is 7.62. The summed E-state index contributed by atoms with van der Waals surface area (Å²) >= 11 is 0. The van der Waals surface area contributed by atoms with Crippen molar-refractivity contribution in [2.45, 2.75) is 84.0 Å². The number of carbonyl (C=O) groups is 5. The van der Waals surface area contributed by atoms with Crippen molar-refractivity contribution in [1.29, 1.82) is 0 Å². The molecule has 0 spiro atoms. The Morgan fingerprint density at radius 2 is 1.35 bits per heavy atom. The van der Waals surface area contributed by atoms with Crippen LogP contribution in [0.25, 0.3) is 0 Å². The summed E-state index contributed by atoms with van der Waals surface area (Å²) in [6.07, 6.45) is -1.69. The van der Waals surface area contributed by atoms with Gasteiger partial charge < -0.3 is 29.0 Å². The van der Waals surface area contributed by atoms with Crippen molar-refractivity contribution in [3.63, 3.8) is 0 Å². The third kappa shape index (κ3) is 7.20. The third-order valence-electron chi connectivity index (χ3n) is 5.02. The van der Waals surface area contributed by atoms with Crippen LogP contribution >= 0.6 is 0 Å². The van der Waals surface area contributed by atoms with E-state index in [1.807, 2.05) is 0 Å². The first-order valence-corrected chi connectivity index (χ1v) is 10.2. The van der Waals surface area contributed by atoms with Gasteiger partial charge in [0, 0.05) is 33.6 Å². The van der Waals surface area contributed by atoms with Crippen LogP contribution in [0.4, 0.5) is 0 Å². The maximum absolute atomic E-state index is 12.8. The molecule has 0 bridgehead atoms. The molecular weight excluding hydrogens is 414 g/mol. The zero-order chi connectivity index (χ0) is 23.1. The number of esters is 4. The van der Waals surface area contributed by atoms with Crippen molar-refractivity contribution in [3.05, 3.63) is 0 Å². The topological polar surface area (TPSA) is 144 Å². The van der Waals surface area contributed by atoms with Crippen LogP contribution in [-0.2, 0) is 47.7 Å². The molecule has 31 heavy (non-hydrogen) atoms. The van der Waals surface area contributed by atoms with Crippen molar-refractivity contribution in [2.24, 2.45) is 5.92 Å². The van der Waals surface area contributed by atoms with Gasteiger partial charge in [-0.1, -0.05) is 12.8 Å². The number of ether oxygens (including phenoxy) is 5. The Morgan fingerprint density at radius 1 is 0.806 bits per heavy atom. The van der Waals surface area contributed by atoms with Gasteiger partial charge in [-0.15, -0.1) is 0 Å². The lowest BCUT2D eigenvalue weighted by Gasteiger charge is -2.44. The molecule has 174 valence electrons. The molecule has 1 unspecified atom stereocenters. The highest BCUT2D eigenvalue weighted by Gasteiger charge is 2.52. The summed E-state index contributed by atoms with van der Waals surface area (Å²) in [6.45, 7) is 4.28. The maximum atomic E-state index is 12.8. The van der Waals surface area contributed by atoms with Crippen molar-refractivity contribution in [2.75, 3.05) is 6.61 Å². The molecule has 11 nitrogen and oxygen atoms in total. The summed E-state index contributed by atoms with van der Waals surface area (Å²) < 4.78 is 26.6. The minimum atomic E-state index is -1.36. The number of hydrogen-bond acceptors (Lipinski definition) is 10. The lowest BCUT2D eigenvalue weighted by atomic mass is 9.95. The van der Waals surface area contributed by atoms with E-state index >= 15 is 0 Å². The predicted molar refractivity (Wildman–Crippen MR) is 102 cm³/mol. The maximum Gasteiger partial charge on any atom is 0.305 e. The Hall–Kier alpha value is -2.69. The zero-order valence-corrected chi connectivity index (χ0v) is 18.1. The van der Waals surface area contributed by atoms with Crippen LogP contribution in [0, 0.1) is 5.92 Å². The van der Waals surface area contributed by atoms with E-state index in [1.54, 1.807) is 0 Å². The van der Waals surface area contributed by atoms with Gasteiger partial charge in [-0.25, -0.2) is 0 Å². The molecule has 1 N–H and O–H groups in total. The molecular formula is C20H29NO10. The minimum absolute atomic E-state index is 0.234. The fourth-order valence-electron chi connectivity index (χ4n) is 3.79. The summed E-state index contributed by atoms with van der Waals surface area (Å²) in [7, 11) is 0. The van der Waals surface area contributed by atoms with E-state index in [0.717, 1.165) is 33.6 Å². The second-order valence-electron chi connectivity index (χ2n) is 7.62. The number of amides is 1. The molecule has 2 fully saturated rings. The fraction of sp³-hybridized carbons (Fsp3) is 0.750. The summed E-state index contributed by atoms with van der Waals surface area (Å²) in [5.74, 6) is -3.27. The molecule has 1 amide bonds.